The van der Waals surface area contributed by atoms with Crippen LogP contribution in [0.5, 0.6) is 0 Å². The smallest absolute Gasteiger partial charge is 0.320 e. The minimum Gasteiger partial charge on any atom is -0.324 e. The first-order valence-corrected chi connectivity index (χ1v) is 8.15. The third-order valence-corrected chi connectivity index (χ3v) is 3.83. The lowest BCUT2D eigenvalue weighted by molar-refractivity contribution is 0.101. The summed E-state index contributed by atoms with van der Waals surface area (Å²) in [7, 11) is 0. The van der Waals surface area contributed by atoms with Crippen molar-refractivity contribution in [3.8, 4) is 0 Å². The molecule has 0 radical (unpaired) electrons. The van der Waals surface area contributed by atoms with E-state index in [0.717, 1.165) is 5.56 Å². The molecule has 0 aliphatic rings. The van der Waals surface area contributed by atoms with Crippen LogP contribution in [0.2, 0.25) is 0 Å². The number of Topliss-reactive ketones (excluding diaryl/α,β-unsaturated/α-hetero) is 1. The number of ketones is 1. The summed E-state index contributed by atoms with van der Waals surface area (Å²) in [6, 6.07) is 15.3. The number of carbonyl (C=O) groups excluding carboxylic acids is 2. The monoisotopic (exact) mass is 349 g/mol. The molecule has 3 N–H and O–H groups in total. The largest absolute Gasteiger partial charge is 0.324 e. The lowest BCUT2D eigenvalue weighted by Crippen LogP contribution is -2.33. The maximum absolute atomic E-state index is 12.4. The molecule has 2 aromatic carbocycles. The van der Waals surface area contributed by atoms with Gasteiger partial charge in [0.15, 0.2) is 11.6 Å². The van der Waals surface area contributed by atoms with E-state index in [-0.39, 0.29) is 5.78 Å². The van der Waals surface area contributed by atoms with Gasteiger partial charge < -0.3 is 10.6 Å². The number of hydrogen-bond donors (Lipinski definition) is 3. The number of hydrogen-bond acceptors (Lipinski definition) is 4. The van der Waals surface area contributed by atoms with Crippen LogP contribution in [-0.2, 0) is 0 Å². The second-order valence-corrected chi connectivity index (χ2v) is 5.85. The number of aromatic nitrogens is 3. The fraction of sp³-hybridized carbons (Fsp3) is 0.158. The van der Waals surface area contributed by atoms with Gasteiger partial charge in [0.05, 0.1) is 0 Å². The van der Waals surface area contributed by atoms with Crippen molar-refractivity contribution in [3.05, 3.63) is 77.4 Å². The molecule has 132 valence electrons. The van der Waals surface area contributed by atoms with Gasteiger partial charge >= 0.3 is 6.03 Å². The van der Waals surface area contributed by atoms with Crippen molar-refractivity contribution < 1.29 is 9.59 Å². The van der Waals surface area contributed by atoms with Crippen molar-refractivity contribution in [1.29, 1.82) is 0 Å². The van der Waals surface area contributed by atoms with Crippen molar-refractivity contribution >= 4 is 17.5 Å². The minimum absolute atomic E-state index is 0.0230. The van der Waals surface area contributed by atoms with Crippen LogP contribution < -0.4 is 10.6 Å². The van der Waals surface area contributed by atoms with Crippen LogP contribution in [-0.4, -0.2) is 27.0 Å². The minimum atomic E-state index is -0.488. The molecule has 0 unspecified atom stereocenters. The topological polar surface area (TPSA) is 99.8 Å². The first kappa shape index (κ1) is 17.3. The molecule has 0 aliphatic carbocycles. The van der Waals surface area contributed by atoms with Crippen molar-refractivity contribution in [2.75, 3.05) is 5.32 Å². The molecule has 0 aliphatic heterocycles. The number of amides is 2. The number of urea groups is 1. The van der Waals surface area contributed by atoms with Gasteiger partial charge in [-0.05, 0) is 43.7 Å². The molecule has 1 heterocycles. The van der Waals surface area contributed by atoms with Crippen molar-refractivity contribution in [2.24, 2.45) is 0 Å². The number of rotatable bonds is 5. The molecule has 0 fully saturated rings. The van der Waals surface area contributed by atoms with Crippen LogP contribution in [0.3, 0.4) is 0 Å². The van der Waals surface area contributed by atoms with Crippen LogP contribution in [0.15, 0.2) is 54.6 Å². The van der Waals surface area contributed by atoms with Crippen LogP contribution >= 0.6 is 0 Å². The van der Waals surface area contributed by atoms with E-state index in [2.05, 4.69) is 25.8 Å². The Labute approximate surface area is 150 Å². The summed E-state index contributed by atoms with van der Waals surface area (Å²) in [5.41, 5.74) is 2.05. The molecular weight excluding hydrogens is 330 g/mol. The fourth-order valence-electron chi connectivity index (χ4n) is 2.52. The highest BCUT2D eigenvalue weighted by molar-refractivity contribution is 5.95. The highest BCUT2D eigenvalue weighted by Crippen LogP contribution is 2.19. The summed E-state index contributed by atoms with van der Waals surface area (Å²) in [6.45, 7) is 3.30. The van der Waals surface area contributed by atoms with Crippen LogP contribution in [0.1, 0.15) is 40.5 Å². The number of anilines is 1. The third-order valence-electron chi connectivity index (χ3n) is 3.83. The molecule has 26 heavy (non-hydrogen) atoms. The van der Waals surface area contributed by atoms with E-state index in [1.807, 2.05) is 30.3 Å². The van der Waals surface area contributed by atoms with Gasteiger partial charge in [-0.2, -0.15) is 5.10 Å². The maximum atomic E-state index is 12.4. The highest BCUT2D eigenvalue weighted by Gasteiger charge is 2.20. The Balaban J connectivity index is 1.76. The molecule has 3 rings (SSSR count). The molecule has 1 atom stereocenters. The Morgan fingerprint density at radius 2 is 1.73 bits per heavy atom. The molecule has 7 nitrogen and oxygen atoms in total. The van der Waals surface area contributed by atoms with E-state index in [0.29, 0.717) is 22.9 Å². The van der Waals surface area contributed by atoms with Gasteiger partial charge in [-0.15, -0.1) is 0 Å². The van der Waals surface area contributed by atoms with E-state index in [1.54, 1.807) is 31.2 Å². The van der Waals surface area contributed by atoms with E-state index in [4.69, 9.17) is 0 Å². The van der Waals surface area contributed by atoms with Crippen molar-refractivity contribution in [1.82, 2.24) is 20.5 Å². The van der Waals surface area contributed by atoms with Gasteiger partial charge in [-0.1, -0.05) is 30.3 Å². The summed E-state index contributed by atoms with van der Waals surface area (Å²) in [4.78, 5) is 28.1. The maximum Gasteiger partial charge on any atom is 0.320 e. The second kappa shape index (κ2) is 7.60. The molecule has 0 bridgehead atoms. The van der Waals surface area contributed by atoms with Gasteiger partial charge in [0, 0.05) is 11.3 Å². The summed E-state index contributed by atoms with van der Waals surface area (Å²) in [5, 5.41) is 12.6. The molecule has 2 amide bonds. The Kier molecular flexibility index (Phi) is 5.07. The highest BCUT2D eigenvalue weighted by atomic mass is 16.2. The normalized spacial score (nSPS) is 11.6. The molecule has 0 saturated heterocycles. The third kappa shape index (κ3) is 4.13. The van der Waals surface area contributed by atoms with E-state index >= 15 is 0 Å². The van der Waals surface area contributed by atoms with Gasteiger partial charge in [-0.3, -0.25) is 9.89 Å². The summed E-state index contributed by atoms with van der Waals surface area (Å²) < 4.78 is 0. The van der Waals surface area contributed by atoms with Crippen molar-refractivity contribution in [2.45, 2.75) is 19.9 Å². The van der Waals surface area contributed by atoms with Crippen LogP contribution in [0.4, 0.5) is 10.5 Å². The molecule has 0 spiro atoms. The number of nitrogens with zero attached hydrogens (tertiary/aromatic N) is 2. The van der Waals surface area contributed by atoms with E-state index < -0.39 is 12.1 Å². The average Bonchev–Trinajstić information content (AvgIpc) is 3.07. The van der Waals surface area contributed by atoms with Gasteiger partial charge in [-0.25, -0.2) is 9.78 Å². The Hall–Kier alpha value is -3.48. The van der Waals surface area contributed by atoms with Crippen molar-refractivity contribution in [3.63, 3.8) is 0 Å². The lowest BCUT2D eigenvalue weighted by atomic mass is 10.1. The number of carbonyl (C=O) groups is 2. The fourth-order valence-corrected chi connectivity index (χ4v) is 2.52. The molecule has 1 aromatic heterocycles. The van der Waals surface area contributed by atoms with E-state index in [9.17, 15) is 9.59 Å². The first-order valence-electron chi connectivity index (χ1n) is 8.15. The number of aryl methyl sites for hydroxylation is 1. The quantitative estimate of drug-likeness (QED) is 0.616. The summed E-state index contributed by atoms with van der Waals surface area (Å²) in [6.07, 6.45) is 0. The molecular formula is C19H19N5O2. The number of H-pyrrole nitrogens is 1. The number of aromatic amines is 1. The predicted octanol–water partition coefficient (Wildman–Crippen LogP) is 3.23. The summed E-state index contributed by atoms with van der Waals surface area (Å²) in [5.74, 6) is 1.13. The Morgan fingerprint density at radius 3 is 2.31 bits per heavy atom. The van der Waals surface area contributed by atoms with Crippen LogP contribution in [0, 0.1) is 6.92 Å². The number of benzene rings is 2. The summed E-state index contributed by atoms with van der Waals surface area (Å²) >= 11 is 0. The predicted molar refractivity (Wildman–Crippen MR) is 98.0 cm³/mol. The zero-order valence-electron chi connectivity index (χ0n) is 14.5. The molecule has 3 aromatic rings. The standard InChI is InChI=1S/C19H19N5O2/c1-12(25)14-8-10-16(11-9-14)21-19(26)22-17(15-6-4-3-5-7-15)18-20-13(2)23-24-18/h3-11,17H,1-2H3,(H,20,23,24)(H2,21,22,26)/t17-/m1/s1. The first-order chi connectivity index (χ1) is 12.5. The van der Waals surface area contributed by atoms with Gasteiger partial charge in [0.2, 0.25) is 0 Å². The Bertz CT molecular complexity index is 903. The van der Waals surface area contributed by atoms with E-state index in [1.165, 1.54) is 6.92 Å². The van der Waals surface area contributed by atoms with Gasteiger partial charge in [0.1, 0.15) is 11.9 Å². The second-order valence-electron chi connectivity index (χ2n) is 5.85. The Morgan fingerprint density at radius 1 is 1.04 bits per heavy atom. The zero-order valence-corrected chi connectivity index (χ0v) is 14.5. The lowest BCUT2D eigenvalue weighted by Gasteiger charge is -2.17. The van der Waals surface area contributed by atoms with Crippen LogP contribution in [0.25, 0.3) is 0 Å². The number of nitrogens with one attached hydrogen (secondary N) is 3. The average molecular weight is 349 g/mol. The molecule has 0 saturated carbocycles. The SMILES string of the molecule is CC(=O)c1ccc(NC(=O)N[C@H](c2ccccc2)c2n[nH]c(C)n2)cc1. The van der Waals surface area contributed by atoms with Gasteiger partial charge in [0.25, 0.3) is 0 Å². The zero-order chi connectivity index (χ0) is 18.5. The molecule has 7 heteroatoms.